The largest absolute Gasteiger partial charge is 0.480 e. The number of carboxylic acid groups (broad SMARTS) is 2. The highest BCUT2D eigenvalue weighted by Crippen LogP contribution is 1.97. The fraction of sp³-hybridized carbons (Fsp3) is 0.818. The lowest BCUT2D eigenvalue weighted by Crippen LogP contribution is -2.47. The zero-order valence-electron chi connectivity index (χ0n) is 11.0. The maximum atomic E-state index is 10.9. The molecule has 5 N–H and O–H groups in total. The van der Waals surface area contributed by atoms with E-state index in [2.05, 4.69) is 35.9 Å². The first kappa shape index (κ1) is 19.5. The molecule has 118 valence electrons. The van der Waals surface area contributed by atoms with Gasteiger partial charge in [-0.1, -0.05) is 0 Å². The summed E-state index contributed by atoms with van der Waals surface area (Å²) in [5, 5.41) is 32.9. The van der Waals surface area contributed by atoms with Crippen LogP contribution < -0.4 is 10.6 Å². The number of aliphatic hydroxyl groups is 1. The Hall–Kier alpha value is -0.480. The molecule has 0 aromatic carbocycles. The van der Waals surface area contributed by atoms with Crippen LogP contribution in [0.15, 0.2) is 0 Å². The van der Waals surface area contributed by atoms with Crippen molar-refractivity contribution >= 4 is 37.2 Å². The molecule has 0 saturated carbocycles. The number of nitrogens with one attached hydrogen (secondary N) is 2. The van der Waals surface area contributed by atoms with Crippen molar-refractivity contribution in [2.75, 3.05) is 24.6 Å². The van der Waals surface area contributed by atoms with Crippen LogP contribution in [0.1, 0.15) is 12.8 Å². The number of thiol groups is 2. The second kappa shape index (κ2) is 11.2. The van der Waals surface area contributed by atoms with E-state index in [-0.39, 0.29) is 13.1 Å². The van der Waals surface area contributed by atoms with Gasteiger partial charge in [-0.25, -0.2) is 0 Å². The van der Waals surface area contributed by atoms with E-state index in [9.17, 15) is 14.7 Å². The minimum atomic E-state index is -1.00. The normalized spacial score (nSPS) is 14.2. The molecule has 0 aliphatic rings. The first-order valence-electron chi connectivity index (χ1n) is 6.24. The van der Waals surface area contributed by atoms with Gasteiger partial charge >= 0.3 is 11.9 Å². The van der Waals surface area contributed by atoms with E-state index in [0.29, 0.717) is 24.3 Å². The lowest BCUT2D eigenvalue weighted by atomic mass is 10.2. The number of carbonyl (C=O) groups is 2. The highest BCUT2D eigenvalue weighted by Gasteiger charge is 2.19. The predicted octanol–water partition coefficient (Wildman–Crippen LogP) is -0.927. The summed E-state index contributed by atoms with van der Waals surface area (Å²) in [7, 11) is 0. The van der Waals surface area contributed by atoms with Crippen LogP contribution >= 0.6 is 25.3 Å². The second-order valence-corrected chi connectivity index (χ2v) is 5.17. The Morgan fingerprint density at radius 3 is 1.50 bits per heavy atom. The van der Waals surface area contributed by atoms with Crippen molar-refractivity contribution in [3.63, 3.8) is 0 Å². The molecule has 0 spiro atoms. The molecule has 0 heterocycles. The molecule has 0 fully saturated rings. The monoisotopic (exact) mass is 326 g/mol. The van der Waals surface area contributed by atoms with E-state index >= 15 is 0 Å². The molecule has 2 atom stereocenters. The van der Waals surface area contributed by atoms with Crippen LogP contribution in [0.3, 0.4) is 0 Å². The lowest BCUT2D eigenvalue weighted by molar-refractivity contribution is -0.140. The number of aliphatic hydroxyl groups excluding tert-OH is 1. The molecule has 0 amide bonds. The van der Waals surface area contributed by atoms with Crippen LogP contribution in [-0.2, 0) is 9.59 Å². The Labute approximate surface area is 129 Å². The van der Waals surface area contributed by atoms with E-state index in [1.54, 1.807) is 0 Å². The van der Waals surface area contributed by atoms with E-state index < -0.39 is 30.1 Å². The van der Waals surface area contributed by atoms with Gasteiger partial charge in [0.2, 0.25) is 0 Å². The molecule has 0 aliphatic carbocycles. The molecule has 0 aromatic heterocycles. The Morgan fingerprint density at radius 2 is 1.25 bits per heavy atom. The summed E-state index contributed by atoms with van der Waals surface area (Å²) < 4.78 is 0. The van der Waals surface area contributed by atoms with Crippen LogP contribution in [0.25, 0.3) is 0 Å². The van der Waals surface area contributed by atoms with Gasteiger partial charge in [0.1, 0.15) is 12.1 Å². The van der Waals surface area contributed by atoms with Gasteiger partial charge in [0.25, 0.3) is 0 Å². The molecule has 0 aliphatic heterocycles. The van der Waals surface area contributed by atoms with Gasteiger partial charge in [-0.15, -0.1) is 0 Å². The average Bonchev–Trinajstić information content (AvgIpc) is 2.38. The highest BCUT2D eigenvalue weighted by atomic mass is 32.1. The Morgan fingerprint density at radius 1 is 0.900 bits per heavy atom. The van der Waals surface area contributed by atoms with Crippen LogP contribution in [0.2, 0.25) is 0 Å². The smallest absolute Gasteiger partial charge is 0.320 e. The van der Waals surface area contributed by atoms with E-state index in [0.717, 1.165) is 0 Å². The topological polar surface area (TPSA) is 119 Å². The Bertz CT molecular complexity index is 279. The summed E-state index contributed by atoms with van der Waals surface area (Å²) in [5.41, 5.74) is 0. The molecule has 0 rings (SSSR count). The summed E-state index contributed by atoms with van der Waals surface area (Å²) in [6.45, 7) is 0.121. The molecule has 20 heavy (non-hydrogen) atoms. The van der Waals surface area contributed by atoms with Crippen molar-refractivity contribution in [3.8, 4) is 0 Å². The molecule has 0 radical (unpaired) electrons. The predicted molar refractivity (Wildman–Crippen MR) is 81.8 cm³/mol. The fourth-order valence-corrected chi connectivity index (χ4v) is 2.03. The maximum absolute atomic E-state index is 10.9. The Balaban J connectivity index is 4.05. The number of hydrogen-bond acceptors (Lipinski definition) is 7. The maximum Gasteiger partial charge on any atom is 0.320 e. The number of hydrogen-bond donors (Lipinski definition) is 7. The molecule has 0 unspecified atom stereocenters. The van der Waals surface area contributed by atoms with Gasteiger partial charge in [0, 0.05) is 13.1 Å². The molecule has 0 saturated heterocycles. The second-order valence-electron chi connectivity index (χ2n) is 4.28. The molecule has 0 aromatic rings. The van der Waals surface area contributed by atoms with E-state index in [1.165, 1.54) is 0 Å². The molecule has 0 bridgehead atoms. The number of aliphatic carboxylic acids is 2. The summed E-state index contributed by atoms with van der Waals surface area (Å²) >= 11 is 7.92. The van der Waals surface area contributed by atoms with Crippen LogP contribution in [-0.4, -0.2) is 70.0 Å². The van der Waals surface area contributed by atoms with Gasteiger partial charge in [-0.05, 0) is 24.3 Å². The van der Waals surface area contributed by atoms with Crippen LogP contribution in [0.4, 0.5) is 0 Å². The first-order valence-corrected chi connectivity index (χ1v) is 7.51. The van der Waals surface area contributed by atoms with Crippen LogP contribution in [0, 0.1) is 0 Å². The summed E-state index contributed by atoms with van der Waals surface area (Å²) in [6, 6.07) is -1.54. The molecule has 9 heteroatoms. The first-order chi connectivity index (χ1) is 9.42. The van der Waals surface area contributed by atoms with Crippen molar-refractivity contribution in [1.29, 1.82) is 0 Å². The summed E-state index contributed by atoms with van der Waals surface area (Å²) in [4.78, 5) is 21.7. The summed E-state index contributed by atoms with van der Waals surface area (Å²) in [6.07, 6.45) is -0.190. The SMILES string of the molecule is O=C(O)[C@H](CCS)NCC(O)CN[C@@H](CCS)C(=O)O. The van der Waals surface area contributed by atoms with Crippen molar-refractivity contribution in [2.45, 2.75) is 31.0 Å². The quantitative estimate of drug-likeness (QED) is 0.232. The van der Waals surface area contributed by atoms with E-state index in [4.69, 9.17) is 10.2 Å². The van der Waals surface area contributed by atoms with Gasteiger partial charge in [0.05, 0.1) is 6.10 Å². The molecular weight excluding hydrogens is 304 g/mol. The minimum Gasteiger partial charge on any atom is -0.480 e. The molecular formula is C11H22N2O5S2. The van der Waals surface area contributed by atoms with Gasteiger partial charge in [0.15, 0.2) is 0 Å². The standard InChI is InChI=1S/C11H22N2O5S2/c14-7(5-12-8(1-3-19)10(15)16)6-13-9(2-4-20)11(17)18/h7-9,12-14,19-20H,1-6H2,(H,15,16)(H,17,18)/t8-,9-/m0/s1. The van der Waals surface area contributed by atoms with Crippen molar-refractivity contribution in [3.05, 3.63) is 0 Å². The van der Waals surface area contributed by atoms with E-state index in [1.807, 2.05) is 0 Å². The highest BCUT2D eigenvalue weighted by molar-refractivity contribution is 7.80. The minimum absolute atomic E-state index is 0.0605. The third-order valence-corrected chi connectivity index (χ3v) is 3.15. The third kappa shape index (κ3) is 8.64. The Kier molecular flexibility index (Phi) is 10.9. The number of rotatable bonds is 12. The zero-order valence-corrected chi connectivity index (χ0v) is 12.8. The van der Waals surface area contributed by atoms with Gasteiger partial charge in [-0.2, -0.15) is 25.3 Å². The molecule has 7 nitrogen and oxygen atoms in total. The zero-order chi connectivity index (χ0) is 15.5. The third-order valence-electron chi connectivity index (χ3n) is 2.63. The lowest BCUT2D eigenvalue weighted by Gasteiger charge is -2.19. The number of carboxylic acids is 2. The van der Waals surface area contributed by atoms with Gasteiger partial charge < -0.3 is 26.0 Å². The summed E-state index contributed by atoms with van der Waals surface area (Å²) in [5.74, 6) is -1.17. The fourth-order valence-electron chi connectivity index (χ4n) is 1.51. The van der Waals surface area contributed by atoms with Crippen molar-refractivity contribution in [2.24, 2.45) is 0 Å². The van der Waals surface area contributed by atoms with Crippen molar-refractivity contribution < 1.29 is 24.9 Å². The van der Waals surface area contributed by atoms with Gasteiger partial charge in [-0.3, -0.25) is 9.59 Å². The van der Waals surface area contributed by atoms with Crippen molar-refractivity contribution in [1.82, 2.24) is 10.6 Å². The van der Waals surface area contributed by atoms with Crippen LogP contribution in [0.5, 0.6) is 0 Å². The average molecular weight is 326 g/mol.